The van der Waals surface area contributed by atoms with Crippen LogP contribution in [0.15, 0.2) is 35.8 Å². The zero-order chi connectivity index (χ0) is 20.6. The Labute approximate surface area is 174 Å². The first-order valence-corrected chi connectivity index (χ1v) is 10.9. The smallest absolute Gasteiger partial charge is 0.190 e. The van der Waals surface area contributed by atoms with Crippen molar-refractivity contribution in [3.05, 3.63) is 35.8 Å². The highest BCUT2D eigenvalue weighted by Crippen LogP contribution is 2.50. The van der Waals surface area contributed by atoms with Crippen molar-refractivity contribution in [3.8, 4) is 0 Å². The van der Waals surface area contributed by atoms with E-state index < -0.39 is 0 Å². The maximum absolute atomic E-state index is 12.7. The molecule has 6 nitrogen and oxygen atoms in total. The molecule has 0 amide bonds. The molecule has 29 heavy (non-hydrogen) atoms. The van der Waals surface area contributed by atoms with Crippen LogP contribution >= 0.6 is 0 Å². The molecule has 1 heterocycles. The first-order chi connectivity index (χ1) is 14.2. The molecule has 0 aromatic rings. The van der Waals surface area contributed by atoms with Gasteiger partial charge in [-0.05, 0) is 43.6 Å². The molecule has 0 radical (unpaired) electrons. The molecule has 0 aromatic carbocycles. The van der Waals surface area contributed by atoms with Crippen LogP contribution in [0.4, 0.5) is 0 Å². The van der Waals surface area contributed by atoms with Crippen molar-refractivity contribution in [1.29, 1.82) is 0 Å². The number of hydrogen-bond donors (Lipinski definition) is 1. The number of allylic oxidation sites excluding steroid dienone is 3. The van der Waals surface area contributed by atoms with Gasteiger partial charge in [0.1, 0.15) is 6.61 Å². The lowest BCUT2D eigenvalue weighted by Gasteiger charge is -2.32. The second-order valence-corrected chi connectivity index (χ2v) is 7.85. The summed E-state index contributed by atoms with van der Waals surface area (Å²) < 4.78 is 21.8. The van der Waals surface area contributed by atoms with Crippen molar-refractivity contribution in [2.45, 2.75) is 45.3 Å². The molecule has 0 aromatic heterocycles. The Kier molecular flexibility index (Phi) is 8.33. The van der Waals surface area contributed by atoms with E-state index in [0.717, 1.165) is 25.9 Å². The summed E-state index contributed by atoms with van der Waals surface area (Å²) in [4.78, 5) is 12.7. The van der Waals surface area contributed by atoms with Crippen LogP contribution in [-0.4, -0.2) is 58.1 Å². The van der Waals surface area contributed by atoms with Gasteiger partial charge < -0.3 is 24.3 Å². The number of nitrogens with one attached hydrogen (secondary N) is 1. The molecule has 1 fully saturated rings. The minimum Gasteiger partial charge on any atom is -0.477 e. The number of methoxy groups -OCH3 is 1. The maximum atomic E-state index is 12.7. The standard InChI is InChI=1S/C23H35NO5/c1-4-18-21(25)15-22(29-13-12-27-11-10-26-3)24-23(18)20-14-19(20)16-6-8-17(9-7-16)28-5-2/h6-8,15,17-20,23-24H,4-5,9-14H2,1-3H3. The highest BCUT2D eigenvalue weighted by molar-refractivity contribution is 5.93. The van der Waals surface area contributed by atoms with Gasteiger partial charge in [0.25, 0.3) is 0 Å². The van der Waals surface area contributed by atoms with Gasteiger partial charge in [-0.25, -0.2) is 0 Å². The van der Waals surface area contributed by atoms with E-state index >= 15 is 0 Å². The summed E-state index contributed by atoms with van der Waals surface area (Å²) in [5.74, 6) is 1.75. The monoisotopic (exact) mass is 405 g/mol. The van der Waals surface area contributed by atoms with Crippen LogP contribution in [0.2, 0.25) is 0 Å². The van der Waals surface area contributed by atoms with E-state index in [0.29, 0.717) is 44.1 Å². The second-order valence-electron chi connectivity index (χ2n) is 7.85. The first kappa shape index (κ1) is 22.1. The average Bonchev–Trinajstić information content (AvgIpc) is 3.52. The minimum absolute atomic E-state index is 0.0136. The molecule has 0 bridgehead atoms. The molecule has 0 spiro atoms. The highest BCUT2D eigenvalue weighted by atomic mass is 16.5. The van der Waals surface area contributed by atoms with Gasteiger partial charge in [-0.2, -0.15) is 0 Å². The van der Waals surface area contributed by atoms with Gasteiger partial charge in [-0.3, -0.25) is 4.79 Å². The van der Waals surface area contributed by atoms with E-state index in [9.17, 15) is 4.79 Å². The molecule has 1 saturated carbocycles. The minimum atomic E-state index is 0.0136. The van der Waals surface area contributed by atoms with Crippen molar-refractivity contribution in [3.63, 3.8) is 0 Å². The van der Waals surface area contributed by atoms with Gasteiger partial charge in [0, 0.05) is 31.8 Å². The molecule has 3 rings (SSSR count). The molecule has 0 saturated heterocycles. The third kappa shape index (κ3) is 5.93. The molecule has 5 atom stereocenters. The van der Waals surface area contributed by atoms with E-state index in [4.69, 9.17) is 18.9 Å². The fraction of sp³-hybridized carbons (Fsp3) is 0.696. The summed E-state index contributed by atoms with van der Waals surface area (Å²) in [6.07, 6.45) is 11.4. The van der Waals surface area contributed by atoms with E-state index in [1.165, 1.54) is 5.57 Å². The fourth-order valence-electron chi connectivity index (χ4n) is 4.34. The lowest BCUT2D eigenvalue weighted by molar-refractivity contribution is -0.120. The number of rotatable bonds is 12. The van der Waals surface area contributed by atoms with Crippen molar-refractivity contribution in [2.75, 3.05) is 40.1 Å². The van der Waals surface area contributed by atoms with Crippen LogP contribution in [-0.2, 0) is 23.7 Å². The Morgan fingerprint density at radius 3 is 2.69 bits per heavy atom. The summed E-state index contributed by atoms with van der Waals surface area (Å²) in [5.41, 5.74) is 1.39. The Balaban J connectivity index is 1.52. The summed E-state index contributed by atoms with van der Waals surface area (Å²) >= 11 is 0. The molecule has 5 unspecified atom stereocenters. The van der Waals surface area contributed by atoms with Gasteiger partial charge in [0.05, 0.1) is 25.9 Å². The maximum Gasteiger partial charge on any atom is 0.190 e. The zero-order valence-corrected chi connectivity index (χ0v) is 17.9. The number of ether oxygens (including phenoxy) is 4. The van der Waals surface area contributed by atoms with Crippen LogP contribution in [0.3, 0.4) is 0 Å². The predicted octanol–water partition coefficient (Wildman–Crippen LogP) is 3.00. The number of hydrogen-bond acceptors (Lipinski definition) is 6. The molecular formula is C23H35NO5. The molecule has 1 aliphatic heterocycles. The summed E-state index contributed by atoms with van der Waals surface area (Å²) in [6.45, 7) is 6.86. The van der Waals surface area contributed by atoms with Crippen LogP contribution in [0.5, 0.6) is 0 Å². The third-order valence-electron chi connectivity index (χ3n) is 5.94. The molecule has 1 N–H and O–H groups in total. The molecular weight excluding hydrogens is 370 g/mol. The molecule has 2 aliphatic carbocycles. The number of carbonyl (C=O) groups excluding carboxylic acids is 1. The fourth-order valence-corrected chi connectivity index (χ4v) is 4.34. The van der Waals surface area contributed by atoms with Crippen LogP contribution < -0.4 is 5.32 Å². The molecule has 162 valence electrons. The Morgan fingerprint density at radius 2 is 2.00 bits per heavy atom. The Bertz CT molecular complexity index is 641. The summed E-state index contributed by atoms with van der Waals surface area (Å²) in [7, 11) is 1.65. The van der Waals surface area contributed by atoms with Gasteiger partial charge >= 0.3 is 0 Å². The summed E-state index contributed by atoms with van der Waals surface area (Å²) in [5, 5.41) is 3.51. The van der Waals surface area contributed by atoms with Crippen molar-refractivity contribution in [2.24, 2.45) is 17.8 Å². The predicted molar refractivity (Wildman–Crippen MR) is 111 cm³/mol. The molecule has 3 aliphatic rings. The highest BCUT2D eigenvalue weighted by Gasteiger charge is 2.49. The van der Waals surface area contributed by atoms with Crippen molar-refractivity contribution in [1.82, 2.24) is 5.32 Å². The van der Waals surface area contributed by atoms with E-state index in [1.54, 1.807) is 13.2 Å². The van der Waals surface area contributed by atoms with Crippen LogP contribution in [0, 0.1) is 17.8 Å². The van der Waals surface area contributed by atoms with Crippen molar-refractivity contribution >= 4 is 5.78 Å². The van der Waals surface area contributed by atoms with Gasteiger partial charge in [-0.15, -0.1) is 0 Å². The normalized spacial score (nSPS) is 31.1. The van der Waals surface area contributed by atoms with Crippen LogP contribution in [0.1, 0.15) is 33.1 Å². The van der Waals surface area contributed by atoms with Crippen LogP contribution in [0.25, 0.3) is 0 Å². The Hall–Kier alpha value is -1.63. The Morgan fingerprint density at radius 1 is 1.17 bits per heavy atom. The third-order valence-corrected chi connectivity index (χ3v) is 5.94. The van der Waals surface area contributed by atoms with Gasteiger partial charge in [0.2, 0.25) is 0 Å². The zero-order valence-electron chi connectivity index (χ0n) is 17.9. The largest absolute Gasteiger partial charge is 0.477 e. The van der Waals surface area contributed by atoms with Crippen molar-refractivity contribution < 1.29 is 23.7 Å². The number of ketones is 1. The van der Waals surface area contributed by atoms with E-state index in [-0.39, 0.29) is 23.8 Å². The lowest BCUT2D eigenvalue weighted by Crippen LogP contribution is -2.45. The van der Waals surface area contributed by atoms with Gasteiger partial charge in [-0.1, -0.05) is 25.2 Å². The summed E-state index contributed by atoms with van der Waals surface area (Å²) in [6, 6.07) is 0.130. The number of carbonyl (C=O) groups is 1. The van der Waals surface area contributed by atoms with E-state index in [1.807, 2.05) is 6.92 Å². The first-order valence-electron chi connectivity index (χ1n) is 10.9. The van der Waals surface area contributed by atoms with Gasteiger partial charge in [0.15, 0.2) is 11.7 Å². The lowest BCUT2D eigenvalue weighted by atomic mass is 9.85. The van der Waals surface area contributed by atoms with E-state index in [2.05, 4.69) is 30.5 Å². The SMILES string of the molecule is CCOC1C=CC(C2CC2C2NC(OCCOCCOC)=CC(=O)C2CC)=CC1. The quantitative estimate of drug-likeness (QED) is 0.504. The topological polar surface area (TPSA) is 66.0 Å². The molecule has 6 heteroatoms. The average molecular weight is 406 g/mol. The second kappa shape index (κ2) is 11.0.